The van der Waals surface area contributed by atoms with Crippen molar-refractivity contribution >= 4 is 46.3 Å². The third-order valence-electron chi connectivity index (χ3n) is 4.72. The lowest BCUT2D eigenvalue weighted by Gasteiger charge is -2.24. The highest BCUT2D eigenvalue weighted by Gasteiger charge is 2.30. The average molecular weight is 495 g/mol. The van der Waals surface area contributed by atoms with Crippen LogP contribution in [0.5, 0.6) is 11.6 Å². The summed E-state index contributed by atoms with van der Waals surface area (Å²) in [5, 5.41) is 3.02. The van der Waals surface area contributed by atoms with Crippen molar-refractivity contribution < 1.29 is 18.7 Å². The number of amides is 1. The van der Waals surface area contributed by atoms with Crippen molar-refractivity contribution in [1.82, 2.24) is 24.8 Å². The molecular formula is C21H21Cl2FN6O3. The average Bonchev–Trinajstić information content (AvgIpc) is 3.22. The highest BCUT2D eigenvalue weighted by molar-refractivity contribution is 6.42. The van der Waals surface area contributed by atoms with Gasteiger partial charge in [-0.3, -0.25) is 0 Å². The number of fused-ring (bicyclic) bond motifs is 1. The number of rotatable bonds is 4. The molecule has 174 valence electrons. The number of ether oxygens (including phenoxy) is 2. The molecule has 12 heteroatoms. The summed E-state index contributed by atoms with van der Waals surface area (Å²) in [5.41, 5.74) is 0.129. The number of hydrogen-bond donors (Lipinski definition) is 1. The Balaban J connectivity index is 1.52. The molecule has 0 bridgehead atoms. The molecule has 3 aromatic rings. The van der Waals surface area contributed by atoms with Gasteiger partial charge in [0.2, 0.25) is 11.8 Å². The maximum absolute atomic E-state index is 14.4. The number of carbonyl (C=O) groups is 1. The molecule has 0 saturated carbocycles. The number of halogens is 3. The second kappa shape index (κ2) is 9.11. The van der Waals surface area contributed by atoms with Crippen molar-refractivity contribution in [1.29, 1.82) is 0 Å². The minimum absolute atomic E-state index is 0.0320. The number of likely N-dealkylation sites (tertiary alicyclic amines) is 1. The molecule has 1 saturated heterocycles. The van der Waals surface area contributed by atoms with E-state index in [9.17, 15) is 9.18 Å². The summed E-state index contributed by atoms with van der Waals surface area (Å²) in [6, 6.07) is 2.70. The smallest absolute Gasteiger partial charge is 0.410 e. The van der Waals surface area contributed by atoms with E-state index >= 15 is 0 Å². The monoisotopic (exact) mass is 494 g/mol. The topological polar surface area (TPSA) is 102 Å². The van der Waals surface area contributed by atoms with Crippen molar-refractivity contribution in [3.8, 4) is 11.6 Å². The highest BCUT2D eigenvalue weighted by atomic mass is 35.5. The van der Waals surface area contributed by atoms with Gasteiger partial charge < -0.3 is 19.7 Å². The van der Waals surface area contributed by atoms with E-state index in [1.54, 1.807) is 4.90 Å². The van der Waals surface area contributed by atoms with E-state index < -0.39 is 11.4 Å². The number of carbonyl (C=O) groups excluding carboxylic acids is 1. The molecule has 1 amide bonds. The molecule has 0 unspecified atom stereocenters. The van der Waals surface area contributed by atoms with Crippen molar-refractivity contribution in [2.24, 2.45) is 0 Å². The van der Waals surface area contributed by atoms with E-state index in [0.717, 1.165) is 0 Å². The van der Waals surface area contributed by atoms with Crippen LogP contribution in [0.15, 0.2) is 24.7 Å². The van der Waals surface area contributed by atoms with Gasteiger partial charge in [0.25, 0.3) is 0 Å². The normalized spacial score (nSPS) is 16.2. The van der Waals surface area contributed by atoms with Crippen LogP contribution in [0, 0.1) is 5.82 Å². The summed E-state index contributed by atoms with van der Waals surface area (Å²) < 4.78 is 25.5. The number of hydrogen-bond acceptors (Lipinski definition) is 8. The number of nitrogens with one attached hydrogen (secondary N) is 1. The molecule has 33 heavy (non-hydrogen) atoms. The van der Waals surface area contributed by atoms with E-state index in [1.807, 2.05) is 20.8 Å². The fraction of sp³-hybridized carbons (Fsp3) is 0.381. The van der Waals surface area contributed by atoms with Crippen LogP contribution in [0.3, 0.4) is 0 Å². The molecule has 1 aromatic carbocycles. The lowest BCUT2D eigenvalue weighted by molar-refractivity contribution is 0.0293. The Kier molecular flexibility index (Phi) is 6.40. The third kappa shape index (κ3) is 5.33. The molecule has 1 fully saturated rings. The molecule has 1 aliphatic heterocycles. The predicted molar refractivity (Wildman–Crippen MR) is 121 cm³/mol. The Hall–Kier alpha value is -2.98. The van der Waals surface area contributed by atoms with E-state index in [1.165, 1.54) is 24.7 Å². The second-order valence-electron chi connectivity index (χ2n) is 8.44. The number of aromatic nitrogens is 4. The zero-order chi connectivity index (χ0) is 23.8. The van der Waals surface area contributed by atoms with Gasteiger partial charge in [0, 0.05) is 19.1 Å². The van der Waals surface area contributed by atoms with E-state index in [4.69, 9.17) is 32.7 Å². The van der Waals surface area contributed by atoms with Crippen LogP contribution >= 0.6 is 23.2 Å². The Bertz CT molecular complexity index is 1210. The Morgan fingerprint density at radius 3 is 2.79 bits per heavy atom. The zero-order valence-electron chi connectivity index (χ0n) is 18.1. The first-order valence-corrected chi connectivity index (χ1v) is 10.9. The first-order chi connectivity index (χ1) is 15.6. The van der Waals surface area contributed by atoms with Crippen molar-refractivity contribution in [3.05, 3.63) is 40.5 Å². The SMILES string of the molecule is CC(C)(C)OC(=O)N1CC[C@H](Nc2ncc3ncnc(Oc4ccc(Cl)c(Cl)c4F)c3n2)C1. The lowest BCUT2D eigenvalue weighted by atomic mass is 10.2. The summed E-state index contributed by atoms with van der Waals surface area (Å²) in [7, 11) is 0. The van der Waals surface area contributed by atoms with Gasteiger partial charge in [-0.05, 0) is 39.3 Å². The van der Waals surface area contributed by atoms with Gasteiger partial charge in [-0.15, -0.1) is 0 Å². The second-order valence-corrected chi connectivity index (χ2v) is 9.22. The maximum atomic E-state index is 14.4. The molecule has 0 radical (unpaired) electrons. The lowest BCUT2D eigenvalue weighted by Crippen LogP contribution is -2.36. The fourth-order valence-corrected chi connectivity index (χ4v) is 3.52. The standard InChI is InChI=1S/C21H21Cl2FN6O3/c1-21(2,3)33-20(31)30-7-6-11(9-30)28-19-25-8-13-17(29-19)18(27-10-26-13)32-14-5-4-12(22)15(23)16(14)24/h4-5,8,10-11H,6-7,9H2,1-3H3,(H,25,28,29)/t11-/m0/s1. The Labute approximate surface area is 199 Å². The van der Waals surface area contributed by atoms with Gasteiger partial charge in [-0.25, -0.2) is 24.1 Å². The van der Waals surface area contributed by atoms with Crippen LogP contribution in [0.2, 0.25) is 10.0 Å². The van der Waals surface area contributed by atoms with Crippen molar-refractivity contribution in [2.45, 2.75) is 38.8 Å². The molecule has 1 atom stereocenters. The molecule has 0 aliphatic carbocycles. The van der Waals surface area contributed by atoms with Crippen LogP contribution in [0.1, 0.15) is 27.2 Å². The van der Waals surface area contributed by atoms with Gasteiger partial charge >= 0.3 is 6.09 Å². The summed E-state index contributed by atoms with van der Waals surface area (Å²) in [4.78, 5) is 30.8. The molecule has 1 N–H and O–H groups in total. The van der Waals surface area contributed by atoms with E-state index in [0.29, 0.717) is 31.0 Å². The molecule has 9 nitrogen and oxygen atoms in total. The van der Waals surface area contributed by atoms with Gasteiger partial charge in [0.05, 0.1) is 16.2 Å². The van der Waals surface area contributed by atoms with Crippen LogP contribution in [-0.2, 0) is 4.74 Å². The third-order valence-corrected chi connectivity index (χ3v) is 5.50. The van der Waals surface area contributed by atoms with E-state index in [-0.39, 0.29) is 39.3 Å². The van der Waals surface area contributed by atoms with Crippen molar-refractivity contribution in [2.75, 3.05) is 18.4 Å². The fourth-order valence-electron chi connectivity index (χ4n) is 3.22. The Morgan fingerprint density at radius 1 is 1.24 bits per heavy atom. The first kappa shape index (κ1) is 23.2. The largest absolute Gasteiger partial charge is 0.444 e. The first-order valence-electron chi connectivity index (χ1n) is 10.1. The van der Waals surface area contributed by atoms with Gasteiger partial charge in [0.1, 0.15) is 17.4 Å². The van der Waals surface area contributed by atoms with Gasteiger partial charge in [0.15, 0.2) is 17.1 Å². The molecular weight excluding hydrogens is 474 g/mol. The van der Waals surface area contributed by atoms with Crippen molar-refractivity contribution in [3.63, 3.8) is 0 Å². The summed E-state index contributed by atoms with van der Waals surface area (Å²) in [5.74, 6) is -0.629. The number of anilines is 1. The molecule has 0 spiro atoms. The maximum Gasteiger partial charge on any atom is 0.410 e. The van der Waals surface area contributed by atoms with E-state index in [2.05, 4.69) is 25.3 Å². The number of benzene rings is 1. The Morgan fingerprint density at radius 2 is 2.03 bits per heavy atom. The molecule has 4 rings (SSSR count). The zero-order valence-corrected chi connectivity index (χ0v) is 19.6. The highest BCUT2D eigenvalue weighted by Crippen LogP contribution is 2.34. The molecule has 3 heterocycles. The predicted octanol–water partition coefficient (Wildman–Crippen LogP) is 5.08. The number of nitrogens with zero attached hydrogens (tertiary/aromatic N) is 5. The van der Waals surface area contributed by atoms with Gasteiger partial charge in [-0.1, -0.05) is 23.2 Å². The summed E-state index contributed by atoms with van der Waals surface area (Å²) in [6.45, 7) is 6.47. The van der Waals surface area contributed by atoms with Crippen LogP contribution < -0.4 is 10.1 Å². The van der Waals surface area contributed by atoms with Crippen LogP contribution in [0.4, 0.5) is 15.1 Å². The van der Waals surface area contributed by atoms with Crippen LogP contribution in [-0.4, -0.2) is 55.7 Å². The molecule has 1 aliphatic rings. The quantitative estimate of drug-likeness (QED) is 0.500. The molecule has 2 aromatic heterocycles. The summed E-state index contributed by atoms with van der Waals surface area (Å²) >= 11 is 11.7. The summed E-state index contributed by atoms with van der Waals surface area (Å²) in [6.07, 6.45) is 3.10. The van der Waals surface area contributed by atoms with Gasteiger partial charge in [-0.2, -0.15) is 4.98 Å². The minimum atomic E-state index is -0.809. The van der Waals surface area contributed by atoms with Crippen LogP contribution in [0.25, 0.3) is 11.0 Å². The minimum Gasteiger partial charge on any atom is -0.444 e.